The number of hydrogen-bond donors (Lipinski definition) is 3. The molecule has 0 aromatic rings. The molecule has 0 aromatic carbocycles. The molecule has 3 atom stereocenters. The molecule has 0 aromatic heterocycles. The first kappa shape index (κ1) is 15.7. The van der Waals surface area contributed by atoms with Crippen LogP contribution < -0.4 is 16.6 Å². The summed E-state index contributed by atoms with van der Waals surface area (Å²) in [6, 6.07) is 0.602. The number of nitrogens with zero attached hydrogens (tertiary/aromatic N) is 2. The van der Waals surface area contributed by atoms with Crippen LogP contribution in [-0.2, 0) is 0 Å². The van der Waals surface area contributed by atoms with Crippen LogP contribution in [0.25, 0.3) is 0 Å². The van der Waals surface area contributed by atoms with E-state index < -0.39 is 0 Å². The Morgan fingerprint density at radius 2 is 2.35 bits per heavy atom. The standard InChI is InChI=1S/C14H27N5S/c1-10-5-6-12(10)17-14-13(11(2)18-15)16-9-19(14)7-4-8-20-3/h9-10,12,14,17-18H,4-8,15H2,1-3H3/b13-11-. The Labute approximate surface area is 126 Å². The second-order valence-corrected chi connectivity index (χ2v) is 6.70. The smallest absolute Gasteiger partial charge is 0.126 e. The van der Waals surface area contributed by atoms with Crippen molar-refractivity contribution in [1.82, 2.24) is 15.6 Å². The Kier molecular flexibility index (Phi) is 5.74. The highest BCUT2D eigenvalue weighted by atomic mass is 32.2. The number of aliphatic imine (C=N–C) groups is 1. The van der Waals surface area contributed by atoms with Crippen LogP contribution in [-0.4, -0.2) is 42.0 Å². The third-order valence-corrected chi connectivity index (χ3v) is 4.99. The van der Waals surface area contributed by atoms with Gasteiger partial charge in [-0.2, -0.15) is 11.8 Å². The Balaban J connectivity index is 2.01. The van der Waals surface area contributed by atoms with Crippen molar-refractivity contribution >= 4 is 18.1 Å². The lowest BCUT2D eigenvalue weighted by atomic mass is 9.81. The lowest BCUT2D eigenvalue weighted by molar-refractivity contribution is 0.178. The molecule has 4 N–H and O–H groups in total. The minimum atomic E-state index is 0.167. The van der Waals surface area contributed by atoms with E-state index >= 15 is 0 Å². The quantitative estimate of drug-likeness (QED) is 0.377. The Bertz CT molecular complexity index is 382. The minimum absolute atomic E-state index is 0.167. The predicted octanol–water partition coefficient (Wildman–Crippen LogP) is 1.49. The van der Waals surface area contributed by atoms with E-state index in [1.54, 1.807) is 0 Å². The molecule has 0 spiro atoms. The van der Waals surface area contributed by atoms with Crippen molar-refractivity contribution < 1.29 is 0 Å². The van der Waals surface area contributed by atoms with Crippen LogP contribution in [0, 0.1) is 5.92 Å². The number of rotatable bonds is 7. The summed E-state index contributed by atoms with van der Waals surface area (Å²) < 4.78 is 0. The van der Waals surface area contributed by atoms with E-state index in [2.05, 4.69) is 33.8 Å². The Hall–Kier alpha value is -0.720. The third kappa shape index (κ3) is 3.48. The van der Waals surface area contributed by atoms with Gasteiger partial charge in [-0.1, -0.05) is 6.92 Å². The number of allylic oxidation sites excluding steroid dienone is 1. The molecule has 114 valence electrons. The van der Waals surface area contributed by atoms with Gasteiger partial charge in [0.1, 0.15) is 6.17 Å². The second-order valence-electron chi connectivity index (χ2n) is 5.71. The number of hydrazine groups is 1. The van der Waals surface area contributed by atoms with E-state index in [1.165, 1.54) is 25.0 Å². The molecule has 2 rings (SSSR count). The van der Waals surface area contributed by atoms with Crippen molar-refractivity contribution in [3.05, 3.63) is 11.4 Å². The van der Waals surface area contributed by atoms with Crippen molar-refractivity contribution in [2.75, 3.05) is 18.6 Å². The van der Waals surface area contributed by atoms with Gasteiger partial charge in [0, 0.05) is 18.3 Å². The fourth-order valence-electron chi connectivity index (χ4n) is 2.68. The normalized spacial score (nSPS) is 31.4. The minimum Gasteiger partial charge on any atom is -0.341 e. The molecule has 2 aliphatic rings. The highest BCUT2D eigenvalue weighted by Gasteiger charge is 2.34. The molecule has 3 unspecified atom stereocenters. The van der Waals surface area contributed by atoms with Gasteiger partial charge in [0.15, 0.2) is 0 Å². The van der Waals surface area contributed by atoms with Gasteiger partial charge in [0.25, 0.3) is 0 Å². The van der Waals surface area contributed by atoms with E-state index in [9.17, 15) is 0 Å². The fraction of sp³-hybridized carbons (Fsp3) is 0.786. The molecule has 0 amide bonds. The molecular formula is C14H27N5S. The molecule has 0 saturated heterocycles. The Morgan fingerprint density at radius 1 is 1.55 bits per heavy atom. The van der Waals surface area contributed by atoms with Crippen molar-refractivity contribution in [1.29, 1.82) is 0 Å². The molecule has 6 heteroatoms. The lowest BCUT2D eigenvalue weighted by Crippen LogP contribution is -2.53. The molecule has 20 heavy (non-hydrogen) atoms. The number of nitrogens with one attached hydrogen (secondary N) is 2. The molecule has 0 bridgehead atoms. The first-order valence-corrected chi connectivity index (χ1v) is 8.79. The molecule has 0 radical (unpaired) electrons. The zero-order valence-electron chi connectivity index (χ0n) is 12.7. The lowest BCUT2D eigenvalue weighted by Gasteiger charge is -2.39. The van der Waals surface area contributed by atoms with Crippen LogP contribution in [0.1, 0.15) is 33.1 Å². The van der Waals surface area contributed by atoms with Gasteiger partial charge in [-0.05, 0) is 44.1 Å². The largest absolute Gasteiger partial charge is 0.341 e. The molecule has 1 fully saturated rings. The highest BCUT2D eigenvalue weighted by molar-refractivity contribution is 7.98. The van der Waals surface area contributed by atoms with E-state index in [0.717, 1.165) is 23.9 Å². The average molecular weight is 297 g/mol. The molecule has 5 nitrogen and oxygen atoms in total. The summed E-state index contributed by atoms with van der Waals surface area (Å²) in [7, 11) is 0. The van der Waals surface area contributed by atoms with Crippen LogP contribution in [0.2, 0.25) is 0 Å². The zero-order valence-corrected chi connectivity index (χ0v) is 13.5. The number of hydrogen-bond acceptors (Lipinski definition) is 6. The van der Waals surface area contributed by atoms with Crippen LogP contribution in [0.5, 0.6) is 0 Å². The van der Waals surface area contributed by atoms with Crippen LogP contribution in [0.4, 0.5) is 0 Å². The number of thioether (sulfide) groups is 1. The third-order valence-electron chi connectivity index (χ3n) is 4.29. The van der Waals surface area contributed by atoms with Gasteiger partial charge in [0.2, 0.25) is 0 Å². The van der Waals surface area contributed by atoms with Crippen LogP contribution in [0.3, 0.4) is 0 Å². The molecule has 1 aliphatic heterocycles. The first-order chi connectivity index (χ1) is 9.67. The number of nitrogens with two attached hydrogens (primary N) is 1. The summed E-state index contributed by atoms with van der Waals surface area (Å²) in [5, 5.41) is 3.75. The van der Waals surface area contributed by atoms with Gasteiger partial charge < -0.3 is 10.3 Å². The maximum absolute atomic E-state index is 5.55. The van der Waals surface area contributed by atoms with E-state index in [4.69, 9.17) is 5.84 Å². The van der Waals surface area contributed by atoms with Gasteiger partial charge in [-0.3, -0.25) is 11.2 Å². The maximum atomic E-state index is 5.55. The van der Waals surface area contributed by atoms with Gasteiger partial charge in [0.05, 0.1) is 12.0 Å². The van der Waals surface area contributed by atoms with Gasteiger partial charge in [-0.15, -0.1) is 0 Å². The first-order valence-electron chi connectivity index (χ1n) is 7.39. The summed E-state index contributed by atoms with van der Waals surface area (Å²) in [5.74, 6) is 7.50. The Morgan fingerprint density at radius 3 is 2.90 bits per heavy atom. The molecule has 1 aliphatic carbocycles. The molecule has 1 saturated carbocycles. The van der Waals surface area contributed by atoms with Crippen molar-refractivity contribution in [3.8, 4) is 0 Å². The summed E-state index contributed by atoms with van der Waals surface area (Å²) in [6.45, 7) is 5.33. The van der Waals surface area contributed by atoms with Crippen molar-refractivity contribution in [2.45, 2.75) is 45.3 Å². The summed E-state index contributed by atoms with van der Waals surface area (Å²) in [5.41, 5.74) is 4.71. The van der Waals surface area contributed by atoms with Crippen molar-refractivity contribution in [3.63, 3.8) is 0 Å². The predicted molar refractivity (Wildman–Crippen MR) is 87.3 cm³/mol. The van der Waals surface area contributed by atoms with Crippen molar-refractivity contribution in [2.24, 2.45) is 16.8 Å². The molecular weight excluding hydrogens is 270 g/mol. The summed E-state index contributed by atoms with van der Waals surface area (Å²) in [6.07, 6.45) is 8.04. The van der Waals surface area contributed by atoms with Crippen LogP contribution >= 0.6 is 11.8 Å². The molecule has 1 heterocycles. The summed E-state index contributed by atoms with van der Waals surface area (Å²) >= 11 is 1.89. The zero-order chi connectivity index (χ0) is 14.5. The van der Waals surface area contributed by atoms with Crippen LogP contribution in [0.15, 0.2) is 16.4 Å². The monoisotopic (exact) mass is 297 g/mol. The highest BCUT2D eigenvalue weighted by Crippen LogP contribution is 2.29. The average Bonchev–Trinajstić information content (AvgIpc) is 2.85. The van der Waals surface area contributed by atoms with E-state index in [1.807, 2.05) is 25.0 Å². The summed E-state index contributed by atoms with van der Waals surface area (Å²) in [4.78, 5) is 6.86. The van der Waals surface area contributed by atoms with Gasteiger partial charge >= 0.3 is 0 Å². The topological polar surface area (TPSA) is 65.7 Å². The maximum Gasteiger partial charge on any atom is 0.126 e. The fourth-order valence-corrected chi connectivity index (χ4v) is 3.09. The van der Waals surface area contributed by atoms with Gasteiger partial charge in [-0.25, -0.2) is 4.99 Å². The SMILES string of the molecule is CSCCCN1C=N/C(=C(/C)NN)C1NC1CCC1C. The van der Waals surface area contributed by atoms with E-state index in [0.29, 0.717) is 6.04 Å². The van der Waals surface area contributed by atoms with E-state index in [-0.39, 0.29) is 6.17 Å². The second kappa shape index (κ2) is 7.33.